The van der Waals surface area contributed by atoms with E-state index in [0.717, 1.165) is 31.7 Å². The fraction of sp³-hybridized carbons (Fsp3) is 0.571. The molecule has 0 radical (unpaired) electrons. The van der Waals surface area contributed by atoms with Crippen LogP contribution in [0.1, 0.15) is 18.9 Å². The molecule has 5 nitrogen and oxygen atoms in total. The smallest absolute Gasteiger partial charge is 0.200 e. The first kappa shape index (κ1) is 15.0. The summed E-state index contributed by atoms with van der Waals surface area (Å²) in [6.45, 7) is 4.81. The van der Waals surface area contributed by atoms with Gasteiger partial charge in [0, 0.05) is 38.6 Å². The SMILES string of the molecule is CCCc1ccc(N2CCN(S(C)(=O)=C=O)CC2)nc1. The third kappa shape index (κ3) is 3.39. The van der Waals surface area contributed by atoms with Crippen molar-refractivity contribution in [2.75, 3.05) is 37.3 Å². The zero-order chi connectivity index (χ0) is 14.6. The Labute approximate surface area is 120 Å². The van der Waals surface area contributed by atoms with E-state index < -0.39 is 9.71 Å². The average Bonchev–Trinajstić information content (AvgIpc) is 2.48. The van der Waals surface area contributed by atoms with Gasteiger partial charge in [-0.15, -0.1) is 0 Å². The van der Waals surface area contributed by atoms with Gasteiger partial charge in [0.1, 0.15) is 15.5 Å². The Morgan fingerprint density at radius 3 is 2.50 bits per heavy atom. The fourth-order valence-electron chi connectivity index (χ4n) is 2.36. The van der Waals surface area contributed by atoms with E-state index in [1.807, 2.05) is 12.3 Å². The maximum absolute atomic E-state index is 11.9. The second-order valence-electron chi connectivity index (χ2n) is 5.08. The summed E-state index contributed by atoms with van der Waals surface area (Å²) in [5.74, 6) is 0.946. The molecule has 0 N–H and O–H groups in total. The molecule has 0 amide bonds. The number of piperazine rings is 1. The molecule has 1 atom stereocenters. The minimum atomic E-state index is -2.61. The lowest BCUT2D eigenvalue weighted by Crippen LogP contribution is -2.48. The van der Waals surface area contributed by atoms with Crippen molar-refractivity contribution in [1.82, 2.24) is 9.29 Å². The van der Waals surface area contributed by atoms with Crippen LogP contribution in [0.15, 0.2) is 18.3 Å². The van der Waals surface area contributed by atoms with E-state index in [0.29, 0.717) is 13.1 Å². The lowest BCUT2D eigenvalue weighted by Gasteiger charge is -2.35. The van der Waals surface area contributed by atoms with Crippen molar-refractivity contribution in [2.24, 2.45) is 0 Å². The lowest BCUT2D eigenvalue weighted by molar-refractivity contribution is 0.408. The quantitative estimate of drug-likeness (QED) is 0.779. The molecule has 1 aliphatic rings. The van der Waals surface area contributed by atoms with Gasteiger partial charge in [-0.1, -0.05) is 19.4 Å². The standard InChI is InChI=1S/C14H21N3O2S/c1-3-4-13-5-6-14(15-11-13)16-7-9-17(10-8-16)20(2,19)12-18/h5-6,11H,3-4,7-10H2,1-2H3. The molecule has 0 aliphatic carbocycles. The number of carbonyl (C=O) groups excluding carboxylic acids is 1. The van der Waals surface area contributed by atoms with Crippen molar-refractivity contribution in [1.29, 1.82) is 0 Å². The van der Waals surface area contributed by atoms with E-state index in [2.05, 4.69) is 22.9 Å². The number of aromatic nitrogens is 1. The maximum Gasteiger partial charge on any atom is 0.200 e. The van der Waals surface area contributed by atoms with Crippen LogP contribution < -0.4 is 4.90 Å². The molecule has 0 aromatic carbocycles. The molecule has 2 heterocycles. The van der Waals surface area contributed by atoms with Crippen molar-refractivity contribution in [2.45, 2.75) is 19.8 Å². The first-order chi connectivity index (χ1) is 9.56. The van der Waals surface area contributed by atoms with E-state index >= 15 is 0 Å². The minimum absolute atomic E-state index is 0.600. The molecule has 6 heteroatoms. The van der Waals surface area contributed by atoms with Gasteiger partial charge in [0.25, 0.3) is 0 Å². The molecular weight excluding hydrogens is 274 g/mol. The fourth-order valence-corrected chi connectivity index (χ4v) is 3.32. The van der Waals surface area contributed by atoms with E-state index in [1.54, 1.807) is 9.54 Å². The molecule has 0 saturated carbocycles. The minimum Gasteiger partial charge on any atom is -0.354 e. The van der Waals surface area contributed by atoms with Crippen LogP contribution >= 0.6 is 0 Å². The monoisotopic (exact) mass is 295 g/mol. The van der Waals surface area contributed by atoms with Crippen molar-refractivity contribution < 1.29 is 9.00 Å². The molecule has 1 unspecified atom stereocenters. The molecule has 1 fully saturated rings. The highest BCUT2D eigenvalue weighted by Gasteiger charge is 2.22. The summed E-state index contributed by atoms with van der Waals surface area (Å²) in [6.07, 6.45) is 5.54. The predicted octanol–water partition coefficient (Wildman–Crippen LogP) is 1.05. The maximum atomic E-state index is 11.9. The van der Waals surface area contributed by atoms with E-state index in [1.165, 1.54) is 11.8 Å². The normalized spacial score (nSPS) is 19.4. The molecule has 0 spiro atoms. The van der Waals surface area contributed by atoms with Gasteiger partial charge < -0.3 is 4.90 Å². The van der Waals surface area contributed by atoms with E-state index in [-0.39, 0.29) is 0 Å². The summed E-state index contributed by atoms with van der Waals surface area (Å²) in [7, 11) is -2.61. The zero-order valence-corrected chi connectivity index (χ0v) is 12.9. The van der Waals surface area contributed by atoms with Crippen LogP contribution in [0.25, 0.3) is 0 Å². The van der Waals surface area contributed by atoms with Crippen molar-refractivity contribution in [3.63, 3.8) is 0 Å². The van der Waals surface area contributed by atoms with E-state index in [4.69, 9.17) is 0 Å². The van der Waals surface area contributed by atoms with Crippen LogP contribution in [-0.2, 0) is 20.9 Å². The van der Waals surface area contributed by atoms with Crippen LogP contribution in [-0.4, -0.2) is 51.2 Å². The second kappa shape index (κ2) is 6.39. The Kier molecular flexibility index (Phi) is 4.81. The summed E-state index contributed by atoms with van der Waals surface area (Å²) >= 11 is 0. The predicted molar refractivity (Wildman–Crippen MR) is 81.8 cm³/mol. The topological polar surface area (TPSA) is 53.5 Å². The molecule has 2 rings (SSSR count). The van der Waals surface area contributed by atoms with Crippen molar-refractivity contribution >= 4 is 20.8 Å². The highest BCUT2D eigenvalue weighted by molar-refractivity contribution is 7.97. The molecule has 1 aliphatic heterocycles. The molecule has 0 bridgehead atoms. The van der Waals surface area contributed by atoms with Crippen LogP contribution in [0, 0.1) is 0 Å². The van der Waals surface area contributed by atoms with Gasteiger partial charge in [0.05, 0.1) is 0 Å². The molecule has 110 valence electrons. The first-order valence-corrected chi connectivity index (χ1v) is 8.82. The Morgan fingerprint density at radius 2 is 2.00 bits per heavy atom. The Morgan fingerprint density at radius 1 is 1.30 bits per heavy atom. The molecule has 1 aromatic heterocycles. The molecule has 20 heavy (non-hydrogen) atoms. The van der Waals surface area contributed by atoms with Gasteiger partial charge in [-0.2, -0.15) is 0 Å². The molecule has 1 aromatic rings. The van der Waals surface area contributed by atoms with Gasteiger partial charge in [-0.05, 0) is 18.1 Å². The van der Waals surface area contributed by atoms with Gasteiger partial charge in [0.2, 0.25) is 5.23 Å². The Balaban J connectivity index is 2.00. The Bertz CT molecular complexity index is 579. The summed E-state index contributed by atoms with van der Waals surface area (Å²) in [5, 5.41) is 1.66. The second-order valence-corrected chi connectivity index (χ2v) is 7.36. The van der Waals surface area contributed by atoms with Crippen molar-refractivity contribution in [3.8, 4) is 0 Å². The van der Waals surface area contributed by atoms with Gasteiger partial charge in [-0.25, -0.2) is 18.3 Å². The van der Waals surface area contributed by atoms with Crippen LogP contribution in [0.2, 0.25) is 0 Å². The highest BCUT2D eigenvalue weighted by atomic mass is 32.2. The first-order valence-electron chi connectivity index (χ1n) is 6.90. The summed E-state index contributed by atoms with van der Waals surface area (Å²) in [6, 6.07) is 4.15. The summed E-state index contributed by atoms with van der Waals surface area (Å²) < 4.78 is 13.6. The van der Waals surface area contributed by atoms with Crippen molar-refractivity contribution in [3.05, 3.63) is 23.9 Å². The number of hydrogen-bond donors (Lipinski definition) is 0. The highest BCUT2D eigenvalue weighted by Crippen LogP contribution is 2.15. The van der Waals surface area contributed by atoms with Crippen LogP contribution in [0.5, 0.6) is 0 Å². The number of aryl methyl sites for hydroxylation is 1. The summed E-state index contributed by atoms with van der Waals surface area (Å²) in [4.78, 5) is 17.4. The van der Waals surface area contributed by atoms with Crippen LogP contribution in [0.4, 0.5) is 5.82 Å². The van der Waals surface area contributed by atoms with Gasteiger partial charge >= 0.3 is 0 Å². The number of anilines is 1. The number of rotatable bonds is 4. The van der Waals surface area contributed by atoms with Gasteiger partial charge in [0.15, 0.2) is 0 Å². The number of nitrogens with zero attached hydrogens (tertiary/aromatic N) is 3. The zero-order valence-electron chi connectivity index (χ0n) is 12.0. The van der Waals surface area contributed by atoms with E-state index in [9.17, 15) is 9.00 Å². The number of pyridine rings is 1. The van der Waals surface area contributed by atoms with Gasteiger partial charge in [-0.3, -0.25) is 0 Å². The largest absolute Gasteiger partial charge is 0.354 e. The van der Waals surface area contributed by atoms with Crippen LogP contribution in [0.3, 0.4) is 0 Å². The molecule has 1 saturated heterocycles. The Hall–Kier alpha value is -1.36. The average molecular weight is 295 g/mol. The third-order valence-corrected chi connectivity index (χ3v) is 5.22. The third-order valence-electron chi connectivity index (χ3n) is 3.56. The summed E-state index contributed by atoms with van der Waals surface area (Å²) in [5.41, 5.74) is 1.25. The molecular formula is C14H21N3O2S. The number of hydrogen-bond acceptors (Lipinski definition) is 4. The lowest BCUT2D eigenvalue weighted by atomic mass is 10.2.